The van der Waals surface area contributed by atoms with Crippen LogP contribution in [0.2, 0.25) is 0 Å². The monoisotopic (exact) mass is 288 g/mol. The van der Waals surface area contributed by atoms with E-state index in [0.717, 1.165) is 25.3 Å². The SMILES string of the molecule is CCCN1c2cc(OC)c(CNC)cc2C(C)=CC1(C)C. The third-order valence-corrected chi connectivity index (χ3v) is 4.19. The molecular formula is C18H28N2O. The lowest BCUT2D eigenvalue weighted by Crippen LogP contribution is -2.45. The largest absolute Gasteiger partial charge is 0.496 e. The van der Waals surface area contributed by atoms with Gasteiger partial charge >= 0.3 is 0 Å². The summed E-state index contributed by atoms with van der Waals surface area (Å²) in [6.07, 6.45) is 3.51. The first kappa shape index (κ1) is 15.9. The molecule has 1 aliphatic rings. The lowest BCUT2D eigenvalue weighted by atomic mass is 9.87. The smallest absolute Gasteiger partial charge is 0.125 e. The van der Waals surface area contributed by atoms with E-state index in [4.69, 9.17) is 4.74 Å². The van der Waals surface area contributed by atoms with Crippen molar-refractivity contribution in [2.75, 3.05) is 25.6 Å². The fourth-order valence-corrected chi connectivity index (χ4v) is 3.30. The molecule has 0 atom stereocenters. The summed E-state index contributed by atoms with van der Waals surface area (Å²) in [7, 11) is 3.72. The first-order valence-electron chi connectivity index (χ1n) is 7.77. The molecular weight excluding hydrogens is 260 g/mol. The normalized spacial score (nSPS) is 16.5. The Morgan fingerprint density at radius 3 is 2.57 bits per heavy atom. The third-order valence-electron chi connectivity index (χ3n) is 4.19. The Morgan fingerprint density at radius 1 is 1.29 bits per heavy atom. The van der Waals surface area contributed by atoms with Crippen LogP contribution in [-0.4, -0.2) is 26.2 Å². The number of allylic oxidation sites excluding steroid dienone is 1. The van der Waals surface area contributed by atoms with Crippen molar-refractivity contribution in [1.82, 2.24) is 5.32 Å². The number of fused-ring (bicyclic) bond motifs is 1. The van der Waals surface area contributed by atoms with Crippen molar-refractivity contribution in [2.24, 2.45) is 0 Å². The van der Waals surface area contributed by atoms with E-state index in [1.807, 2.05) is 7.05 Å². The number of methoxy groups -OCH3 is 1. The molecule has 0 saturated heterocycles. The van der Waals surface area contributed by atoms with Crippen LogP contribution in [0.15, 0.2) is 18.2 Å². The molecule has 0 spiro atoms. The molecule has 1 N–H and O–H groups in total. The molecule has 0 amide bonds. The molecule has 0 saturated carbocycles. The molecule has 21 heavy (non-hydrogen) atoms. The summed E-state index contributed by atoms with van der Waals surface area (Å²) in [4.78, 5) is 2.49. The zero-order valence-electron chi connectivity index (χ0n) is 14.2. The first-order valence-corrected chi connectivity index (χ1v) is 7.77. The highest BCUT2D eigenvalue weighted by Gasteiger charge is 2.31. The van der Waals surface area contributed by atoms with Crippen LogP contribution in [0.3, 0.4) is 0 Å². The van der Waals surface area contributed by atoms with Gasteiger partial charge in [-0.25, -0.2) is 0 Å². The molecule has 0 bridgehead atoms. The van der Waals surface area contributed by atoms with E-state index in [2.05, 4.69) is 56.1 Å². The molecule has 2 rings (SSSR count). The first-order chi connectivity index (χ1) is 9.94. The van der Waals surface area contributed by atoms with Gasteiger partial charge in [-0.05, 0) is 45.9 Å². The van der Waals surface area contributed by atoms with Crippen LogP contribution in [0.5, 0.6) is 5.75 Å². The lowest BCUT2D eigenvalue weighted by Gasteiger charge is -2.43. The Labute approximate surface area is 129 Å². The minimum Gasteiger partial charge on any atom is -0.496 e. The number of nitrogens with one attached hydrogen (secondary N) is 1. The van der Waals surface area contributed by atoms with Gasteiger partial charge in [0.1, 0.15) is 5.75 Å². The van der Waals surface area contributed by atoms with Crippen molar-refractivity contribution in [3.8, 4) is 5.75 Å². The van der Waals surface area contributed by atoms with Crippen LogP contribution in [-0.2, 0) is 6.54 Å². The maximum Gasteiger partial charge on any atom is 0.125 e. The molecule has 0 fully saturated rings. The second kappa shape index (κ2) is 6.10. The van der Waals surface area contributed by atoms with E-state index >= 15 is 0 Å². The minimum absolute atomic E-state index is 0.0443. The van der Waals surface area contributed by atoms with Gasteiger partial charge in [0.05, 0.1) is 12.6 Å². The average Bonchev–Trinajstić information content (AvgIpc) is 2.43. The van der Waals surface area contributed by atoms with Crippen LogP contribution >= 0.6 is 0 Å². The molecule has 3 nitrogen and oxygen atoms in total. The highest BCUT2D eigenvalue weighted by molar-refractivity contribution is 5.82. The van der Waals surface area contributed by atoms with E-state index in [9.17, 15) is 0 Å². The molecule has 0 aliphatic carbocycles. The maximum absolute atomic E-state index is 5.61. The van der Waals surface area contributed by atoms with Crippen molar-refractivity contribution in [2.45, 2.75) is 46.2 Å². The molecule has 0 aromatic heterocycles. The van der Waals surface area contributed by atoms with Gasteiger partial charge in [0, 0.05) is 36.0 Å². The summed E-state index contributed by atoms with van der Waals surface area (Å²) < 4.78 is 5.61. The van der Waals surface area contributed by atoms with Crippen LogP contribution < -0.4 is 15.0 Å². The van der Waals surface area contributed by atoms with Crippen molar-refractivity contribution in [3.05, 3.63) is 29.3 Å². The van der Waals surface area contributed by atoms with Crippen molar-refractivity contribution < 1.29 is 4.74 Å². The topological polar surface area (TPSA) is 24.5 Å². The second-order valence-electron chi connectivity index (χ2n) is 6.34. The van der Waals surface area contributed by atoms with Gasteiger partial charge in [0.15, 0.2) is 0 Å². The Morgan fingerprint density at radius 2 is 2.00 bits per heavy atom. The van der Waals surface area contributed by atoms with Gasteiger partial charge in [-0.15, -0.1) is 0 Å². The molecule has 116 valence electrons. The van der Waals surface area contributed by atoms with Crippen LogP contribution in [0.4, 0.5) is 5.69 Å². The van der Waals surface area contributed by atoms with E-state index in [1.54, 1.807) is 7.11 Å². The summed E-state index contributed by atoms with van der Waals surface area (Å²) in [5.74, 6) is 0.967. The van der Waals surface area contributed by atoms with Gasteiger partial charge in [-0.1, -0.05) is 13.0 Å². The highest BCUT2D eigenvalue weighted by Crippen LogP contribution is 2.42. The van der Waals surface area contributed by atoms with E-state index < -0.39 is 0 Å². The van der Waals surface area contributed by atoms with Crippen molar-refractivity contribution in [1.29, 1.82) is 0 Å². The standard InChI is InChI=1S/C18H28N2O/c1-7-8-20-16-10-17(21-6)14(12-19-5)9-15(16)13(2)11-18(20,3)4/h9-11,19H,7-8,12H2,1-6H3. The molecule has 0 radical (unpaired) electrons. The number of benzene rings is 1. The number of nitrogens with zero attached hydrogens (tertiary/aromatic N) is 1. The highest BCUT2D eigenvalue weighted by atomic mass is 16.5. The number of ether oxygens (including phenoxy) is 1. The summed E-state index contributed by atoms with van der Waals surface area (Å²) >= 11 is 0. The van der Waals surface area contributed by atoms with E-state index in [-0.39, 0.29) is 5.54 Å². The van der Waals surface area contributed by atoms with Gasteiger partial charge in [-0.3, -0.25) is 0 Å². The molecule has 1 aromatic carbocycles. The maximum atomic E-state index is 5.61. The van der Waals surface area contributed by atoms with Gasteiger partial charge in [0.25, 0.3) is 0 Å². The predicted octanol–water partition coefficient (Wildman–Crippen LogP) is 3.83. The fraction of sp³-hybridized carbons (Fsp3) is 0.556. The van der Waals surface area contributed by atoms with Gasteiger partial charge in [-0.2, -0.15) is 0 Å². The quantitative estimate of drug-likeness (QED) is 0.891. The fourth-order valence-electron chi connectivity index (χ4n) is 3.30. The number of rotatable bonds is 5. The Hall–Kier alpha value is -1.48. The zero-order valence-corrected chi connectivity index (χ0v) is 14.2. The summed E-state index contributed by atoms with van der Waals surface area (Å²) in [5, 5.41) is 3.22. The summed E-state index contributed by atoms with van der Waals surface area (Å²) in [6.45, 7) is 10.9. The number of hydrogen-bond acceptors (Lipinski definition) is 3. The number of anilines is 1. The van der Waals surface area contributed by atoms with Crippen LogP contribution in [0, 0.1) is 0 Å². The molecule has 1 heterocycles. The zero-order chi connectivity index (χ0) is 15.6. The Balaban J connectivity index is 2.60. The van der Waals surface area contributed by atoms with Crippen molar-refractivity contribution >= 4 is 11.3 Å². The minimum atomic E-state index is 0.0443. The van der Waals surface area contributed by atoms with Crippen LogP contribution in [0.1, 0.15) is 45.2 Å². The van der Waals surface area contributed by atoms with E-state index in [1.165, 1.54) is 22.4 Å². The Bertz CT molecular complexity index is 546. The van der Waals surface area contributed by atoms with Crippen molar-refractivity contribution in [3.63, 3.8) is 0 Å². The van der Waals surface area contributed by atoms with Gasteiger partial charge < -0.3 is 15.0 Å². The number of hydrogen-bond donors (Lipinski definition) is 1. The molecule has 0 unspecified atom stereocenters. The molecule has 1 aliphatic heterocycles. The van der Waals surface area contributed by atoms with E-state index in [0.29, 0.717) is 0 Å². The molecule has 3 heteroatoms. The summed E-state index contributed by atoms with van der Waals surface area (Å²) in [6, 6.07) is 4.48. The van der Waals surface area contributed by atoms with Crippen LogP contribution in [0.25, 0.3) is 5.57 Å². The average molecular weight is 288 g/mol. The lowest BCUT2D eigenvalue weighted by molar-refractivity contribution is 0.408. The summed E-state index contributed by atoms with van der Waals surface area (Å²) in [5.41, 5.74) is 5.22. The second-order valence-corrected chi connectivity index (χ2v) is 6.34. The third kappa shape index (κ3) is 2.93. The Kier molecular flexibility index (Phi) is 4.62. The predicted molar refractivity (Wildman–Crippen MR) is 91.1 cm³/mol. The van der Waals surface area contributed by atoms with Gasteiger partial charge in [0.2, 0.25) is 0 Å². The molecule has 1 aromatic rings.